The van der Waals surface area contributed by atoms with Gasteiger partial charge in [0.15, 0.2) is 0 Å². The van der Waals surface area contributed by atoms with Gasteiger partial charge in [0, 0.05) is 42.9 Å². The Hall–Kier alpha value is -0.810. The molecule has 0 radical (unpaired) electrons. The van der Waals surface area contributed by atoms with Gasteiger partial charge in [-0.3, -0.25) is 4.79 Å². The molecule has 0 saturated carbocycles. The number of amides is 1. The van der Waals surface area contributed by atoms with Crippen molar-refractivity contribution < 1.29 is 9.53 Å². The molecule has 0 aliphatic carbocycles. The van der Waals surface area contributed by atoms with E-state index in [-0.39, 0.29) is 5.91 Å². The van der Waals surface area contributed by atoms with Crippen molar-refractivity contribution in [2.45, 2.75) is 25.8 Å². The van der Waals surface area contributed by atoms with Crippen LogP contribution in [0.4, 0.5) is 0 Å². The lowest BCUT2D eigenvalue weighted by Gasteiger charge is -2.40. The summed E-state index contributed by atoms with van der Waals surface area (Å²) in [5.41, 5.74) is 7.61. The fraction of sp³-hybridized carbons (Fsp3) is 0.562. The van der Waals surface area contributed by atoms with Crippen LogP contribution in [-0.2, 0) is 22.5 Å². The maximum absolute atomic E-state index is 13.0. The predicted molar refractivity (Wildman–Crippen MR) is 87.1 cm³/mol. The summed E-state index contributed by atoms with van der Waals surface area (Å²) in [6, 6.07) is 3.68. The highest BCUT2D eigenvalue weighted by Gasteiger charge is 2.42. The van der Waals surface area contributed by atoms with E-state index in [1.807, 2.05) is 11.0 Å². The lowest BCUT2D eigenvalue weighted by atomic mass is 9.78. The van der Waals surface area contributed by atoms with Gasteiger partial charge in [-0.05, 0) is 42.5 Å². The van der Waals surface area contributed by atoms with E-state index in [0.29, 0.717) is 55.7 Å². The molecular formula is C16H20Cl2N2O2. The van der Waals surface area contributed by atoms with Crippen molar-refractivity contribution in [3.63, 3.8) is 0 Å². The summed E-state index contributed by atoms with van der Waals surface area (Å²) in [4.78, 5) is 14.9. The van der Waals surface area contributed by atoms with Crippen LogP contribution in [0.15, 0.2) is 12.1 Å². The summed E-state index contributed by atoms with van der Waals surface area (Å²) in [6.45, 7) is 2.79. The van der Waals surface area contributed by atoms with E-state index in [0.717, 1.165) is 17.5 Å². The Kier molecular flexibility index (Phi) is 4.64. The van der Waals surface area contributed by atoms with E-state index in [1.165, 1.54) is 0 Å². The van der Waals surface area contributed by atoms with E-state index >= 15 is 0 Å². The first-order valence-corrected chi connectivity index (χ1v) is 8.35. The summed E-state index contributed by atoms with van der Waals surface area (Å²) < 4.78 is 5.39. The highest BCUT2D eigenvalue weighted by Crippen LogP contribution is 2.35. The molecule has 22 heavy (non-hydrogen) atoms. The van der Waals surface area contributed by atoms with Gasteiger partial charge >= 0.3 is 0 Å². The van der Waals surface area contributed by atoms with Crippen LogP contribution in [0.3, 0.4) is 0 Å². The summed E-state index contributed by atoms with van der Waals surface area (Å²) in [6.07, 6.45) is 2.17. The van der Waals surface area contributed by atoms with Gasteiger partial charge in [0.05, 0.1) is 5.41 Å². The van der Waals surface area contributed by atoms with Gasteiger partial charge in [0.25, 0.3) is 0 Å². The number of carbonyl (C=O) groups is 1. The maximum atomic E-state index is 13.0. The minimum atomic E-state index is -0.478. The molecule has 2 heterocycles. The Morgan fingerprint density at radius 2 is 2.05 bits per heavy atom. The number of hydrogen-bond donors (Lipinski definition) is 1. The molecule has 0 unspecified atom stereocenters. The van der Waals surface area contributed by atoms with Crippen LogP contribution in [0.5, 0.6) is 0 Å². The quantitative estimate of drug-likeness (QED) is 0.898. The molecule has 6 heteroatoms. The number of carbonyl (C=O) groups excluding carboxylic acids is 1. The van der Waals surface area contributed by atoms with Gasteiger partial charge in [-0.15, -0.1) is 0 Å². The van der Waals surface area contributed by atoms with Gasteiger partial charge in [0.1, 0.15) is 0 Å². The molecule has 1 aromatic carbocycles. The first kappa shape index (κ1) is 16.1. The van der Waals surface area contributed by atoms with Crippen molar-refractivity contribution in [2.24, 2.45) is 11.1 Å². The SMILES string of the molecule is NCC1(C(=O)N2CCc3cc(Cl)cc(Cl)c3C2)CCOCC1. The molecule has 2 aliphatic heterocycles. The second-order valence-corrected chi connectivity index (χ2v) is 6.94. The van der Waals surface area contributed by atoms with Crippen LogP contribution in [0.2, 0.25) is 10.0 Å². The number of nitrogens with zero attached hydrogens (tertiary/aromatic N) is 1. The molecule has 0 aromatic heterocycles. The van der Waals surface area contributed by atoms with E-state index in [1.54, 1.807) is 6.07 Å². The smallest absolute Gasteiger partial charge is 0.230 e. The minimum absolute atomic E-state index is 0.134. The number of nitrogens with two attached hydrogens (primary N) is 1. The van der Waals surface area contributed by atoms with Gasteiger partial charge in [0.2, 0.25) is 5.91 Å². The lowest BCUT2D eigenvalue weighted by molar-refractivity contribution is -0.148. The van der Waals surface area contributed by atoms with Crippen molar-refractivity contribution in [2.75, 3.05) is 26.3 Å². The molecule has 120 valence electrons. The molecule has 2 aliphatic rings. The van der Waals surface area contributed by atoms with Crippen LogP contribution in [0.1, 0.15) is 24.0 Å². The number of fused-ring (bicyclic) bond motifs is 1. The standard InChI is InChI=1S/C16H20Cl2N2O2/c17-12-7-11-1-4-20(9-13(11)14(18)8-12)15(21)16(10-19)2-5-22-6-3-16/h7-8H,1-6,9-10,19H2. The van der Waals surface area contributed by atoms with Crippen LogP contribution in [0.25, 0.3) is 0 Å². The molecule has 4 nitrogen and oxygen atoms in total. The predicted octanol–water partition coefficient (Wildman–Crippen LogP) is 2.63. The Morgan fingerprint density at radius 3 is 2.73 bits per heavy atom. The molecule has 0 spiro atoms. The van der Waals surface area contributed by atoms with Crippen molar-refractivity contribution in [1.29, 1.82) is 0 Å². The highest BCUT2D eigenvalue weighted by atomic mass is 35.5. The second kappa shape index (κ2) is 6.36. The van der Waals surface area contributed by atoms with E-state index in [9.17, 15) is 4.79 Å². The van der Waals surface area contributed by atoms with E-state index in [4.69, 9.17) is 33.7 Å². The third-order valence-electron chi connectivity index (χ3n) is 4.83. The average molecular weight is 343 g/mol. The zero-order valence-electron chi connectivity index (χ0n) is 12.4. The summed E-state index contributed by atoms with van der Waals surface area (Å²) >= 11 is 12.4. The number of hydrogen-bond acceptors (Lipinski definition) is 3. The molecular weight excluding hydrogens is 323 g/mol. The number of halogens is 2. The van der Waals surface area contributed by atoms with Gasteiger partial charge < -0.3 is 15.4 Å². The van der Waals surface area contributed by atoms with E-state index in [2.05, 4.69) is 0 Å². The fourth-order valence-electron chi connectivity index (χ4n) is 3.36. The largest absolute Gasteiger partial charge is 0.381 e. The maximum Gasteiger partial charge on any atom is 0.230 e. The number of benzene rings is 1. The molecule has 1 aromatic rings. The molecule has 0 atom stereocenters. The number of ether oxygens (including phenoxy) is 1. The molecule has 1 fully saturated rings. The second-order valence-electron chi connectivity index (χ2n) is 6.10. The van der Waals surface area contributed by atoms with Crippen molar-refractivity contribution >= 4 is 29.1 Å². The zero-order chi connectivity index (χ0) is 15.7. The van der Waals surface area contributed by atoms with Crippen LogP contribution >= 0.6 is 23.2 Å². The topological polar surface area (TPSA) is 55.6 Å². The Balaban J connectivity index is 1.83. The van der Waals surface area contributed by atoms with Crippen molar-refractivity contribution in [3.8, 4) is 0 Å². The average Bonchev–Trinajstić information content (AvgIpc) is 2.54. The third-order valence-corrected chi connectivity index (χ3v) is 5.39. The highest BCUT2D eigenvalue weighted by molar-refractivity contribution is 6.35. The number of rotatable bonds is 2. The molecule has 1 saturated heterocycles. The van der Waals surface area contributed by atoms with Crippen LogP contribution in [-0.4, -0.2) is 37.1 Å². The van der Waals surface area contributed by atoms with Crippen LogP contribution in [0, 0.1) is 5.41 Å². The molecule has 2 N–H and O–H groups in total. The summed E-state index contributed by atoms with van der Waals surface area (Å²) in [5, 5.41) is 1.28. The third kappa shape index (κ3) is 2.85. The summed E-state index contributed by atoms with van der Waals surface area (Å²) in [5.74, 6) is 0.134. The Morgan fingerprint density at radius 1 is 1.32 bits per heavy atom. The Labute approximate surface area is 140 Å². The fourth-order valence-corrected chi connectivity index (χ4v) is 3.95. The molecule has 1 amide bonds. The van der Waals surface area contributed by atoms with Gasteiger partial charge in [-0.25, -0.2) is 0 Å². The normalized spacial score (nSPS) is 20.6. The first-order valence-electron chi connectivity index (χ1n) is 7.60. The minimum Gasteiger partial charge on any atom is -0.381 e. The Bertz CT molecular complexity index is 586. The molecule has 3 rings (SSSR count). The molecule has 0 bridgehead atoms. The monoisotopic (exact) mass is 342 g/mol. The van der Waals surface area contributed by atoms with Crippen molar-refractivity contribution in [3.05, 3.63) is 33.3 Å². The van der Waals surface area contributed by atoms with Gasteiger partial charge in [-0.1, -0.05) is 23.2 Å². The van der Waals surface area contributed by atoms with Crippen LogP contribution < -0.4 is 5.73 Å². The zero-order valence-corrected chi connectivity index (χ0v) is 13.9. The van der Waals surface area contributed by atoms with Crippen molar-refractivity contribution in [1.82, 2.24) is 4.90 Å². The lowest BCUT2D eigenvalue weighted by Crippen LogP contribution is -2.52. The van der Waals surface area contributed by atoms with E-state index < -0.39 is 5.41 Å². The summed E-state index contributed by atoms with van der Waals surface area (Å²) in [7, 11) is 0. The first-order chi connectivity index (χ1) is 10.6. The van der Waals surface area contributed by atoms with Gasteiger partial charge in [-0.2, -0.15) is 0 Å².